The Morgan fingerprint density at radius 1 is 0.667 bits per heavy atom. The maximum absolute atomic E-state index is 3.86. The molecule has 0 N–H and O–H groups in total. The molecule has 0 bridgehead atoms. The van der Waals surface area contributed by atoms with Crippen LogP contribution in [0.4, 0.5) is 0 Å². The van der Waals surface area contributed by atoms with E-state index >= 15 is 0 Å². The maximum atomic E-state index is 3.86. The van der Waals surface area contributed by atoms with Crippen molar-refractivity contribution < 1.29 is 0 Å². The van der Waals surface area contributed by atoms with Crippen molar-refractivity contribution in [3.8, 4) is 0 Å². The minimum absolute atomic E-state index is 0. The first-order valence-electron chi connectivity index (χ1n) is 5.18. The highest BCUT2D eigenvalue weighted by Gasteiger charge is 2.37. The van der Waals surface area contributed by atoms with Crippen molar-refractivity contribution >= 4 is 0 Å². The van der Waals surface area contributed by atoms with E-state index in [2.05, 4.69) is 48.2 Å². The molecule has 88 valence electrons. The van der Waals surface area contributed by atoms with E-state index in [4.69, 9.17) is 0 Å². The molecule has 0 aliphatic carbocycles. The Morgan fingerprint density at radius 2 is 0.867 bits per heavy atom. The molecule has 4 nitrogen and oxygen atoms in total. The van der Waals surface area contributed by atoms with Crippen LogP contribution in [0.1, 0.15) is 49.0 Å². The molecule has 0 aromatic carbocycles. The molecule has 0 saturated carbocycles. The molecule has 0 amide bonds. The van der Waals surface area contributed by atoms with Crippen molar-refractivity contribution in [1.82, 2.24) is 0 Å². The molecule has 0 unspecified atom stereocenters. The van der Waals surface area contributed by atoms with Crippen molar-refractivity contribution in [2.75, 3.05) is 0 Å². The number of hydrogen-bond donors (Lipinski definition) is 0. The molecular formula is C11H24N4. The van der Waals surface area contributed by atoms with E-state index in [-0.39, 0.29) is 18.8 Å². The smallest absolute Gasteiger partial charge is 0.159 e. The Balaban J connectivity index is 0.000000245. The minimum atomic E-state index is 0. The largest absolute Gasteiger partial charge is 0.190 e. The second kappa shape index (κ2) is 4.37. The molecule has 2 rings (SSSR count). The second-order valence-corrected chi connectivity index (χ2v) is 4.90. The average molecular weight is 212 g/mol. The van der Waals surface area contributed by atoms with Gasteiger partial charge in [-0.2, -0.15) is 20.5 Å². The first kappa shape index (κ1) is 14.2. The summed E-state index contributed by atoms with van der Waals surface area (Å²) in [7, 11) is 0. The lowest BCUT2D eigenvalue weighted by Crippen LogP contribution is -2.12. The minimum Gasteiger partial charge on any atom is -0.159 e. The van der Waals surface area contributed by atoms with Crippen LogP contribution in [0, 0.1) is 11.8 Å². The molecule has 2 aliphatic heterocycles. The first-order valence-corrected chi connectivity index (χ1v) is 5.18. The zero-order valence-electron chi connectivity index (χ0n) is 9.94. The van der Waals surface area contributed by atoms with Crippen LogP contribution < -0.4 is 0 Å². The lowest BCUT2D eigenvalue weighted by molar-refractivity contribution is 0.470. The molecule has 15 heavy (non-hydrogen) atoms. The van der Waals surface area contributed by atoms with Gasteiger partial charge >= 0.3 is 0 Å². The molecule has 2 aliphatic rings. The maximum Gasteiger partial charge on any atom is 0.190 e. The summed E-state index contributed by atoms with van der Waals surface area (Å²) < 4.78 is 0. The van der Waals surface area contributed by atoms with Crippen molar-refractivity contribution in [2.24, 2.45) is 32.3 Å². The summed E-state index contributed by atoms with van der Waals surface area (Å²) in [4.78, 5) is 0. The third-order valence-corrected chi connectivity index (χ3v) is 3.02. The van der Waals surface area contributed by atoms with Crippen molar-refractivity contribution in [2.45, 2.75) is 60.3 Å². The van der Waals surface area contributed by atoms with Crippen LogP contribution >= 0.6 is 0 Å². The Labute approximate surface area is 93.3 Å². The number of hydrogen-bond acceptors (Lipinski definition) is 4. The topological polar surface area (TPSA) is 49.4 Å². The monoisotopic (exact) mass is 212 g/mol. The van der Waals surface area contributed by atoms with Crippen molar-refractivity contribution in [3.05, 3.63) is 0 Å². The van der Waals surface area contributed by atoms with E-state index in [0.717, 1.165) is 0 Å². The fraction of sp³-hybridized carbons (Fsp3) is 1.00. The molecule has 0 spiro atoms. The highest BCUT2D eigenvalue weighted by molar-refractivity contribution is 4.91. The quantitative estimate of drug-likeness (QED) is 0.656. The van der Waals surface area contributed by atoms with Crippen LogP contribution in [0.25, 0.3) is 0 Å². The molecule has 0 aromatic rings. The zero-order chi connectivity index (χ0) is 11.0. The molecule has 4 heteroatoms. The predicted molar refractivity (Wildman–Crippen MR) is 62.9 cm³/mol. The van der Waals surface area contributed by atoms with Gasteiger partial charge in [0.25, 0.3) is 0 Å². The first-order chi connectivity index (χ1) is 6.30. The standard InChI is InChI=1S/2C5H10N2.CH4/c2*1-4(2)5(3)6-7-5;/h2*4H,1-3H3;1H4. The van der Waals surface area contributed by atoms with Gasteiger partial charge in [-0.15, -0.1) is 0 Å². The summed E-state index contributed by atoms with van der Waals surface area (Å²) in [5.74, 6) is 1.15. The predicted octanol–water partition coefficient (Wildman–Crippen LogP) is 4.28. The third-order valence-electron chi connectivity index (χ3n) is 3.02. The zero-order valence-corrected chi connectivity index (χ0v) is 9.94. The van der Waals surface area contributed by atoms with Gasteiger partial charge in [0, 0.05) is 11.8 Å². The Bertz CT molecular complexity index is 226. The highest BCUT2D eigenvalue weighted by Crippen LogP contribution is 2.35. The summed E-state index contributed by atoms with van der Waals surface area (Å²) >= 11 is 0. The van der Waals surface area contributed by atoms with E-state index in [1.807, 2.05) is 13.8 Å². The van der Waals surface area contributed by atoms with Gasteiger partial charge in [-0.3, -0.25) is 0 Å². The third kappa shape index (κ3) is 3.68. The van der Waals surface area contributed by atoms with Gasteiger partial charge in [-0.05, 0) is 13.8 Å². The molecular weight excluding hydrogens is 188 g/mol. The summed E-state index contributed by atoms with van der Waals surface area (Å²) in [5, 5.41) is 15.4. The average Bonchev–Trinajstić information content (AvgIpc) is 2.93. The molecule has 0 saturated heterocycles. The van der Waals surface area contributed by atoms with E-state index in [1.165, 1.54) is 0 Å². The highest BCUT2D eigenvalue weighted by atomic mass is 15.4. The van der Waals surface area contributed by atoms with Gasteiger partial charge in [0.05, 0.1) is 0 Å². The summed E-state index contributed by atoms with van der Waals surface area (Å²) in [5.41, 5.74) is 0. The van der Waals surface area contributed by atoms with E-state index in [9.17, 15) is 0 Å². The lowest BCUT2D eigenvalue weighted by atomic mass is 10.0. The SMILES string of the molecule is C.CC(C)C1(C)N=N1.CC(C)C1(C)N=N1. The Morgan fingerprint density at radius 3 is 0.867 bits per heavy atom. The summed E-state index contributed by atoms with van der Waals surface area (Å²) in [6.45, 7) is 12.6. The van der Waals surface area contributed by atoms with Gasteiger partial charge in [-0.25, -0.2) is 0 Å². The summed E-state index contributed by atoms with van der Waals surface area (Å²) in [6, 6.07) is 0. The molecule has 0 fully saturated rings. The summed E-state index contributed by atoms with van der Waals surface area (Å²) in [6.07, 6.45) is 0. The van der Waals surface area contributed by atoms with Gasteiger partial charge < -0.3 is 0 Å². The fourth-order valence-corrected chi connectivity index (χ4v) is 0.620. The Kier molecular flexibility index (Phi) is 4.14. The van der Waals surface area contributed by atoms with E-state index in [0.29, 0.717) is 11.8 Å². The lowest BCUT2D eigenvalue weighted by Gasteiger charge is -2.04. The Hall–Kier alpha value is -0.800. The molecule has 0 atom stereocenters. The van der Waals surface area contributed by atoms with E-state index < -0.39 is 0 Å². The molecule has 0 radical (unpaired) electrons. The second-order valence-electron chi connectivity index (χ2n) is 4.90. The van der Waals surface area contributed by atoms with Crippen LogP contribution in [0.3, 0.4) is 0 Å². The van der Waals surface area contributed by atoms with Crippen LogP contribution in [-0.2, 0) is 0 Å². The number of rotatable bonds is 2. The molecule has 0 aromatic heterocycles. The molecule has 2 heterocycles. The van der Waals surface area contributed by atoms with Gasteiger partial charge in [-0.1, -0.05) is 35.1 Å². The van der Waals surface area contributed by atoms with Crippen LogP contribution in [0.5, 0.6) is 0 Å². The van der Waals surface area contributed by atoms with Crippen molar-refractivity contribution in [1.29, 1.82) is 0 Å². The van der Waals surface area contributed by atoms with Gasteiger partial charge in [0.2, 0.25) is 0 Å². The normalized spacial score (nSPS) is 21.9. The van der Waals surface area contributed by atoms with Crippen LogP contribution in [0.15, 0.2) is 20.5 Å². The van der Waals surface area contributed by atoms with Gasteiger partial charge in [0.1, 0.15) is 0 Å². The van der Waals surface area contributed by atoms with Crippen LogP contribution in [-0.4, -0.2) is 11.3 Å². The number of nitrogens with zero attached hydrogens (tertiary/aromatic N) is 4. The van der Waals surface area contributed by atoms with Gasteiger partial charge in [0.15, 0.2) is 11.3 Å². The van der Waals surface area contributed by atoms with Crippen molar-refractivity contribution in [3.63, 3.8) is 0 Å². The fourth-order valence-electron chi connectivity index (χ4n) is 0.620. The van der Waals surface area contributed by atoms with E-state index in [1.54, 1.807) is 0 Å². The van der Waals surface area contributed by atoms with Crippen LogP contribution in [0.2, 0.25) is 0 Å².